The summed E-state index contributed by atoms with van der Waals surface area (Å²) in [6.07, 6.45) is 0. The van der Waals surface area contributed by atoms with E-state index in [1.807, 2.05) is 31.2 Å². The number of halogens is 2. The summed E-state index contributed by atoms with van der Waals surface area (Å²) < 4.78 is 14.0. The van der Waals surface area contributed by atoms with E-state index in [9.17, 15) is 4.39 Å². The third-order valence-corrected chi connectivity index (χ3v) is 3.56. The molecule has 0 saturated carbocycles. The van der Waals surface area contributed by atoms with Gasteiger partial charge in [0.05, 0.1) is 4.47 Å². The van der Waals surface area contributed by atoms with Crippen molar-refractivity contribution in [3.05, 3.63) is 57.8 Å². The molecule has 98 valence electrons. The predicted molar refractivity (Wildman–Crippen MR) is 84.4 cm³/mol. The molecule has 0 bridgehead atoms. The Balaban J connectivity index is 2.26. The van der Waals surface area contributed by atoms with E-state index in [2.05, 4.69) is 21.2 Å². The molecule has 0 radical (unpaired) electrons. The van der Waals surface area contributed by atoms with Crippen LogP contribution in [0.15, 0.2) is 40.9 Å². The first-order valence-electron chi connectivity index (χ1n) is 5.60. The number of benzene rings is 2. The average molecular weight is 339 g/mol. The lowest BCUT2D eigenvalue weighted by Gasteiger charge is -2.11. The number of aryl methyl sites for hydroxylation is 1. The summed E-state index contributed by atoms with van der Waals surface area (Å²) in [5.41, 5.74) is 8.87. The van der Waals surface area contributed by atoms with Gasteiger partial charge in [0.1, 0.15) is 10.8 Å². The Morgan fingerprint density at radius 3 is 2.47 bits per heavy atom. The predicted octanol–water partition coefficient (Wildman–Crippen LogP) is 4.27. The van der Waals surface area contributed by atoms with E-state index in [1.54, 1.807) is 6.07 Å². The van der Waals surface area contributed by atoms with E-state index in [0.717, 1.165) is 22.5 Å². The number of anilines is 2. The lowest BCUT2D eigenvalue weighted by molar-refractivity contribution is 0.621. The van der Waals surface area contributed by atoms with E-state index in [1.165, 1.54) is 6.07 Å². The summed E-state index contributed by atoms with van der Waals surface area (Å²) in [6, 6.07) is 10.6. The zero-order valence-electron chi connectivity index (χ0n) is 10.2. The third kappa shape index (κ3) is 3.30. The van der Waals surface area contributed by atoms with Crippen molar-refractivity contribution in [2.45, 2.75) is 6.92 Å². The highest BCUT2D eigenvalue weighted by atomic mass is 79.9. The van der Waals surface area contributed by atoms with Crippen molar-refractivity contribution >= 4 is 44.5 Å². The van der Waals surface area contributed by atoms with Gasteiger partial charge in [-0.15, -0.1) is 0 Å². The van der Waals surface area contributed by atoms with Crippen LogP contribution in [0, 0.1) is 12.7 Å². The fraction of sp³-hybridized carbons (Fsp3) is 0.0714. The molecule has 2 aromatic carbocycles. The van der Waals surface area contributed by atoms with Gasteiger partial charge in [0.25, 0.3) is 0 Å². The Kier molecular flexibility index (Phi) is 4.17. The van der Waals surface area contributed by atoms with Gasteiger partial charge < -0.3 is 11.1 Å². The van der Waals surface area contributed by atoms with Crippen LogP contribution in [-0.2, 0) is 0 Å². The minimum Gasteiger partial charge on any atom is -0.389 e. The summed E-state index contributed by atoms with van der Waals surface area (Å²) in [5, 5.41) is 3.16. The van der Waals surface area contributed by atoms with Gasteiger partial charge in [-0.3, -0.25) is 0 Å². The molecule has 19 heavy (non-hydrogen) atoms. The number of hydrogen-bond acceptors (Lipinski definition) is 2. The van der Waals surface area contributed by atoms with Crippen LogP contribution in [-0.4, -0.2) is 4.99 Å². The first-order chi connectivity index (χ1) is 8.97. The van der Waals surface area contributed by atoms with Crippen molar-refractivity contribution in [3.8, 4) is 0 Å². The van der Waals surface area contributed by atoms with Crippen molar-refractivity contribution in [3.63, 3.8) is 0 Å². The lowest BCUT2D eigenvalue weighted by atomic mass is 10.1. The van der Waals surface area contributed by atoms with Crippen LogP contribution in [0.4, 0.5) is 15.8 Å². The molecule has 0 fully saturated rings. The lowest BCUT2D eigenvalue weighted by Crippen LogP contribution is -2.08. The molecular weight excluding hydrogens is 327 g/mol. The van der Waals surface area contributed by atoms with Crippen LogP contribution in [0.3, 0.4) is 0 Å². The summed E-state index contributed by atoms with van der Waals surface area (Å²) in [5.74, 6) is -0.298. The third-order valence-electron chi connectivity index (χ3n) is 2.72. The molecule has 0 aliphatic rings. The standard InChI is InChI=1S/C14H12BrFN2S/c1-8-6-11(15)12(16)7-13(8)18-10-4-2-9(3-5-10)14(17)19/h2-7,18H,1H3,(H2,17,19). The van der Waals surface area contributed by atoms with E-state index in [0.29, 0.717) is 9.46 Å². The molecular formula is C14H12BrFN2S. The van der Waals surface area contributed by atoms with Gasteiger partial charge in [0.15, 0.2) is 0 Å². The molecule has 0 unspecified atom stereocenters. The molecule has 0 spiro atoms. The quantitative estimate of drug-likeness (QED) is 0.820. The molecule has 3 N–H and O–H groups in total. The van der Waals surface area contributed by atoms with Crippen LogP contribution < -0.4 is 11.1 Å². The van der Waals surface area contributed by atoms with Crippen molar-refractivity contribution < 1.29 is 4.39 Å². The maximum Gasteiger partial charge on any atom is 0.139 e. The zero-order valence-corrected chi connectivity index (χ0v) is 12.6. The highest BCUT2D eigenvalue weighted by Crippen LogP contribution is 2.26. The van der Waals surface area contributed by atoms with Gasteiger partial charge in [0, 0.05) is 16.9 Å². The number of rotatable bonds is 3. The Labute approximate surface area is 124 Å². The Morgan fingerprint density at radius 2 is 1.89 bits per heavy atom. The number of thiocarbonyl (C=S) groups is 1. The molecule has 0 amide bonds. The van der Waals surface area contributed by atoms with Crippen molar-refractivity contribution in [2.75, 3.05) is 5.32 Å². The van der Waals surface area contributed by atoms with Gasteiger partial charge in [-0.1, -0.05) is 12.2 Å². The second-order valence-corrected chi connectivity index (χ2v) is 5.44. The second kappa shape index (κ2) is 5.67. The largest absolute Gasteiger partial charge is 0.389 e. The molecule has 0 aliphatic heterocycles. The molecule has 0 heterocycles. The summed E-state index contributed by atoms with van der Waals surface area (Å²) in [4.78, 5) is 0.359. The molecule has 2 nitrogen and oxygen atoms in total. The second-order valence-electron chi connectivity index (χ2n) is 4.15. The Bertz CT molecular complexity index is 626. The highest BCUT2D eigenvalue weighted by Gasteiger charge is 2.05. The van der Waals surface area contributed by atoms with Gasteiger partial charge in [-0.05, 0) is 64.8 Å². The molecule has 0 aromatic heterocycles. The molecule has 5 heteroatoms. The molecule has 0 atom stereocenters. The van der Waals surface area contributed by atoms with Crippen LogP contribution in [0.5, 0.6) is 0 Å². The van der Waals surface area contributed by atoms with Crippen molar-refractivity contribution in [1.29, 1.82) is 0 Å². The van der Waals surface area contributed by atoms with E-state index < -0.39 is 0 Å². The number of nitrogens with one attached hydrogen (secondary N) is 1. The fourth-order valence-corrected chi connectivity index (χ4v) is 2.25. The number of nitrogens with two attached hydrogens (primary N) is 1. The van der Waals surface area contributed by atoms with Crippen LogP contribution in [0.1, 0.15) is 11.1 Å². The maximum atomic E-state index is 13.5. The fourth-order valence-electron chi connectivity index (χ4n) is 1.65. The van der Waals surface area contributed by atoms with E-state index >= 15 is 0 Å². The van der Waals surface area contributed by atoms with E-state index in [4.69, 9.17) is 18.0 Å². The summed E-state index contributed by atoms with van der Waals surface area (Å²) in [7, 11) is 0. The first-order valence-corrected chi connectivity index (χ1v) is 6.80. The van der Waals surface area contributed by atoms with Crippen LogP contribution in [0.2, 0.25) is 0 Å². The Morgan fingerprint density at radius 1 is 1.26 bits per heavy atom. The minimum absolute atomic E-state index is 0.298. The summed E-state index contributed by atoms with van der Waals surface area (Å²) in [6.45, 7) is 1.91. The van der Waals surface area contributed by atoms with Crippen LogP contribution >= 0.6 is 28.1 Å². The topological polar surface area (TPSA) is 38.0 Å². The highest BCUT2D eigenvalue weighted by molar-refractivity contribution is 9.10. The minimum atomic E-state index is -0.298. The maximum absolute atomic E-state index is 13.5. The molecule has 2 aromatic rings. The molecule has 2 rings (SSSR count). The normalized spacial score (nSPS) is 10.3. The number of hydrogen-bond donors (Lipinski definition) is 2. The molecule has 0 aliphatic carbocycles. The molecule has 0 saturated heterocycles. The van der Waals surface area contributed by atoms with Crippen LogP contribution in [0.25, 0.3) is 0 Å². The summed E-state index contributed by atoms with van der Waals surface area (Å²) >= 11 is 8.05. The monoisotopic (exact) mass is 338 g/mol. The Hall–Kier alpha value is -1.46. The van der Waals surface area contributed by atoms with Gasteiger partial charge >= 0.3 is 0 Å². The van der Waals surface area contributed by atoms with E-state index in [-0.39, 0.29) is 5.82 Å². The first kappa shape index (κ1) is 14.0. The smallest absolute Gasteiger partial charge is 0.139 e. The average Bonchev–Trinajstić information content (AvgIpc) is 2.36. The van der Waals surface area contributed by atoms with Gasteiger partial charge in [0.2, 0.25) is 0 Å². The zero-order chi connectivity index (χ0) is 14.0. The SMILES string of the molecule is Cc1cc(Br)c(F)cc1Nc1ccc(C(N)=S)cc1. The van der Waals surface area contributed by atoms with Gasteiger partial charge in [-0.25, -0.2) is 4.39 Å². The van der Waals surface area contributed by atoms with Gasteiger partial charge in [-0.2, -0.15) is 0 Å². The van der Waals surface area contributed by atoms with Crippen molar-refractivity contribution in [2.24, 2.45) is 5.73 Å². The van der Waals surface area contributed by atoms with Crippen molar-refractivity contribution in [1.82, 2.24) is 0 Å².